The smallest absolute Gasteiger partial charge is 0.162 e. The van der Waals surface area contributed by atoms with E-state index in [0.717, 1.165) is 11.4 Å². The molecule has 2 heterocycles. The molecular formula is C23H22N4O2S. The minimum atomic E-state index is 0.293. The second-order valence-corrected chi connectivity index (χ2v) is 8.35. The van der Waals surface area contributed by atoms with Crippen molar-refractivity contribution in [2.24, 2.45) is 0 Å². The molecule has 0 saturated carbocycles. The first-order valence-corrected chi connectivity index (χ1v) is 10.7. The van der Waals surface area contributed by atoms with Crippen molar-refractivity contribution in [1.29, 1.82) is 0 Å². The lowest BCUT2D eigenvalue weighted by molar-refractivity contribution is 0.354. The van der Waals surface area contributed by atoms with E-state index in [9.17, 15) is 0 Å². The van der Waals surface area contributed by atoms with Gasteiger partial charge in [-0.25, -0.2) is 4.68 Å². The molecule has 30 heavy (non-hydrogen) atoms. The van der Waals surface area contributed by atoms with Crippen LogP contribution in [0.2, 0.25) is 0 Å². The van der Waals surface area contributed by atoms with Gasteiger partial charge in [-0.1, -0.05) is 41.7 Å². The Kier molecular flexibility index (Phi) is 4.96. The van der Waals surface area contributed by atoms with E-state index in [1.165, 1.54) is 10.6 Å². The fraction of sp³-hybridized carbons (Fsp3) is 0.217. The van der Waals surface area contributed by atoms with Gasteiger partial charge in [-0.2, -0.15) is 0 Å². The molecule has 3 aromatic rings. The van der Waals surface area contributed by atoms with Crippen LogP contribution >= 0.6 is 11.8 Å². The third-order valence-electron chi connectivity index (χ3n) is 5.36. The number of methoxy groups -OCH3 is 2. The van der Waals surface area contributed by atoms with Crippen molar-refractivity contribution in [2.45, 2.75) is 22.7 Å². The van der Waals surface area contributed by atoms with Crippen molar-refractivity contribution in [3.8, 4) is 17.2 Å². The number of hydrogen-bond donors (Lipinski definition) is 0. The van der Waals surface area contributed by atoms with Crippen LogP contribution in [0.4, 0.5) is 5.69 Å². The molecule has 7 heteroatoms. The molecule has 0 N–H and O–H groups in total. The quantitative estimate of drug-likeness (QED) is 0.617. The Morgan fingerprint density at radius 2 is 1.83 bits per heavy atom. The van der Waals surface area contributed by atoms with E-state index in [0.29, 0.717) is 29.3 Å². The average Bonchev–Trinajstić information content (AvgIpc) is 3.27. The summed E-state index contributed by atoms with van der Waals surface area (Å²) in [5.74, 6) is 1.35. The number of hydrogen-bond acceptors (Lipinski definition) is 6. The zero-order valence-electron chi connectivity index (χ0n) is 16.8. The predicted molar refractivity (Wildman–Crippen MR) is 119 cm³/mol. The van der Waals surface area contributed by atoms with Gasteiger partial charge in [-0.3, -0.25) is 0 Å². The Morgan fingerprint density at radius 3 is 2.70 bits per heavy atom. The molecule has 0 bridgehead atoms. The molecule has 5 rings (SSSR count). The molecule has 0 saturated heterocycles. The van der Waals surface area contributed by atoms with Gasteiger partial charge in [-0.05, 0) is 24.3 Å². The molecule has 1 aromatic heterocycles. The Balaban J connectivity index is 1.45. The molecular weight excluding hydrogens is 396 g/mol. The number of thioether (sulfide) groups is 1. The van der Waals surface area contributed by atoms with Crippen molar-refractivity contribution in [1.82, 2.24) is 15.0 Å². The van der Waals surface area contributed by atoms with E-state index < -0.39 is 0 Å². The molecule has 0 spiro atoms. The van der Waals surface area contributed by atoms with Crippen molar-refractivity contribution >= 4 is 17.4 Å². The number of para-hydroxylation sites is 1. The van der Waals surface area contributed by atoms with Gasteiger partial charge in [0.15, 0.2) is 11.5 Å². The van der Waals surface area contributed by atoms with Crippen LogP contribution in [-0.2, 0) is 6.54 Å². The molecule has 2 unspecified atom stereocenters. The fourth-order valence-corrected chi connectivity index (χ4v) is 5.20. The van der Waals surface area contributed by atoms with E-state index in [2.05, 4.69) is 63.8 Å². The first-order chi connectivity index (χ1) is 14.8. The maximum Gasteiger partial charge on any atom is 0.162 e. The van der Waals surface area contributed by atoms with Gasteiger partial charge in [0.05, 0.1) is 49.6 Å². The van der Waals surface area contributed by atoms with Crippen molar-refractivity contribution in [3.05, 3.63) is 78.7 Å². The summed E-state index contributed by atoms with van der Waals surface area (Å²) in [7, 11) is 3.25. The Labute approximate surface area is 179 Å². The van der Waals surface area contributed by atoms with Gasteiger partial charge in [0.2, 0.25) is 0 Å². The topological polar surface area (TPSA) is 52.4 Å². The number of rotatable bonds is 5. The molecule has 152 valence electrons. The van der Waals surface area contributed by atoms with Crippen LogP contribution in [-0.4, -0.2) is 40.5 Å². The van der Waals surface area contributed by atoms with E-state index >= 15 is 0 Å². The van der Waals surface area contributed by atoms with E-state index in [4.69, 9.17) is 9.47 Å². The van der Waals surface area contributed by atoms with Gasteiger partial charge in [0, 0.05) is 11.0 Å². The van der Waals surface area contributed by atoms with Crippen LogP contribution < -0.4 is 14.4 Å². The minimum absolute atomic E-state index is 0.293. The van der Waals surface area contributed by atoms with Gasteiger partial charge in [-0.15, -0.1) is 16.9 Å². The van der Waals surface area contributed by atoms with Crippen LogP contribution in [0.5, 0.6) is 11.5 Å². The summed E-state index contributed by atoms with van der Waals surface area (Å²) >= 11 is 1.92. The summed E-state index contributed by atoms with van der Waals surface area (Å²) in [6, 6.07) is 14.6. The van der Waals surface area contributed by atoms with E-state index in [-0.39, 0.29) is 0 Å². The molecule has 1 aliphatic heterocycles. The van der Waals surface area contributed by atoms with Crippen LogP contribution in [0.15, 0.2) is 77.9 Å². The van der Waals surface area contributed by atoms with Crippen LogP contribution in [0.25, 0.3) is 5.69 Å². The first-order valence-electron chi connectivity index (χ1n) is 9.78. The first kappa shape index (κ1) is 18.8. The second kappa shape index (κ2) is 7.91. The number of nitrogens with zero attached hydrogens (tertiary/aromatic N) is 4. The van der Waals surface area contributed by atoms with Crippen LogP contribution in [0.3, 0.4) is 0 Å². The third kappa shape index (κ3) is 3.35. The molecule has 2 aromatic carbocycles. The number of anilines is 1. The molecule has 6 nitrogen and oxygen atoms in total. The maximum absolute atomic E-state index is 5.41. The number of fused-ring (bicyclic) bond motifs is 2. The number of benzene rings is 2. The summed E-state index contributed by atoms with van der Waals surface area (Å²) in [5.41, 5.74) is 3.02. The predicted octanol–water partition coefficient (Wildman–Crippen LogP) is 4.26. The Bertz CT molecular complexity index is 1120. The third-order valence-corrected chi connectivity index (χ3v) is 6.67. The number of allylic oxidation sites excluding steroid dienone is 2. The van der Waals surface area contributed by atoms with Crippen LogP contribution in [0, 0.1) is 0 Å². The molecule has 2 aliphatic rings. The summed E-state index contributed by atoms with van der Waals surface area (Å²) in [5, 5.41) is 9.19. The lowest BCUT2D eigenvalue weighted by Crippen LogP contribution is -2.43. The van der Waals surface area contributed by atoms with Crippen molar-refractivity contribution in [2.75, 3.05) is 19.1 Å². The number of aromatic nitrogens is 3. The maximum atomic E-state index is 5.41. The summed E-state index contributed by atoms with van der Waals surface area (Å²) in [4.78, 5) is 3.71. The standard InChI is InChI=1S/C23H22N4O2S/c1-28-20-12-11-17(13-21(20)29-2)27-15-16(24-25-27)14-26-18-7-3-5-9-22(18)30-23-10-6-4-8-19(23)26/h3-13,15,18,22H,14H2,1-2H3. The second-order valence-electron chi connectivity index (χ2n) is 7.13. The normalized spacial score (nSPS) is 19.3. The average molecular weight is 419 g/mol. The molecule has 2 atom stereocenters. The summed E-state index contributed by atoms with van der Waals surface area (Å²) in [6.07, 6.45) is 10.8. The molecule has 0 amide bonds. The monoisotopic (exact) mass is 418 g/mol. The molecule has 0 fully saturated rings. The molecule has 0 radical (unpaired) electrons. The van der Waals surface area contributed by atoms with Gasteiger partial charge in [0.1, 0.15) is 5.69 Å². The highest BCUT2D eigenvalue weighted by atomic mass is 32.2. The van der Waals surface area contributed by atoms with Gasteiger partial charge >= 0.3 is 0 Å². The SMILES string of the molecule is COc1ccc(-n2cc(CN3c4ccccc4SC4C=CC=CC43)nn2)cc1OC. The van der Waals surface area contributed by atoms with E-state index in [1.54, 1.807) is 18.9 Å². The number of ether oxygens (including phenoxy) is 2. The van der Waals surface area contributed by atoms with E-state index in [1.807, 2.05) is 36.2 Å². The van der Waals surface area contributed by atoms with Crippen molar-refractivity contribution in [3.63, 3.8) is 0 Å². The van der Waals surface area contributed by atoms with Gasteiger partial charge in [0.25, 0.3) is 0 Å². The highest BCUT2D eigenvalue weighted by molar-refractivity contribution is 8.00. The summed E-state index contributed by atoms with van der Waals surface area (Å²) in [6.45, 7) is 0.685. The largest absolute Gasteiger partial charge is 0.493 e. The Hall–Kier alpha value is -3.19. The Morgan fingerprint density at radius 1 is 1.00 bits per heavy atom. The highest BCUT2D eigenvalue weighted by Crippen LogP contribution is 2.44. The summed E-state index contributed by atoms with van der Waals surface area (Å²) < 4.78 is 12.5. The van der Waals surface area contributed by atoms with Crippen molar-refractivity contribution < 1.29 is 9.47 Å². The lowest BCUT2D eigenvalue weighted by Gasteiger charge is -2.41. The zero-order chi connectivity index (χ0) is 20.5. The van der Waals surface area contributed by atoms with Gasteiger partial charge < -0.3 is 14.4 Å². The minimum Gasteiger partial charge on any atom is -0.493 e. The molecule has 1 aliphatic carbocycles. The highest BCUT2D eigenvalue weighted by Gasteiger charge is 2.33. The zero-order valence-corrected chi connectivity index (χ0v) is 17.6. The fourth-order valence-electron chi connectivity index (χ4n) is 3.90. The van der Waals surface area contributed by atoms with Crippen LogP contribution in [0.1, 0.15) is 5.69 Å². The lowest BCUT2D eigenvalue weighted by atomic mass is 10.0.